The van der Waals surface area contributed by atoms with Gasteiger partial charge in [0.15, 0.2) is 0 Å². The standard InChI is InChI=1S/C13H24O2/c1-11-7-3-6-10-13(11,15)12(14)8-4-2-5-9-12/h11,14-15H,2-10H2,1H3. The smallest absolute Gasteiger partial charge is 0.0958 e. The zero-order chi connectivity index (χ0) is 10.9. The van der Waals surface area contributed by atoms with Gasteiger partial charge in [0, 0.05) is 0 Å². The van der Waals surface area contributed by atoms with Gasteiger partial charge in [-0.05, 0) is 31.6 Å². The summed E-state index contributed by atoms with van der Waals surface area (Å²) >= 11 is 0. The predicted octanol–water partition coefficient (Wildman–Crippen LogP) is 2.62. The van der Waals surface area contributed by atoms with E-state index in [1.807, 2.05) is 0 Å². The van der Waals surface area contributed by atoms with E-state index in [1.165, 1.54) is 12.8 Å². The van der Waals surface area contributed by atoms with E-state index >= 15 is 0 Å². The van der Waals surface area contributed by atoms with Gasteiger partial charge in [-0.2, -0.15) is 0 Å². The zero-order valence-electron chi connectivity index (χ0n) is 9.84. The Balaban J connectivity index is 2.17. The predicted molar refractivity (Wildman–Crippen MR) is 60.6 cm³/mol. The maximum absolute atomic E-state index is 10.8. The maximum atomic E-state index is 10.8. The van der Waals surface area contributed by atoms with Crippen molar-refractivity contribution in [3.8, 4) is 0 Å². The van der Waals surface area contributed by atoms with Crippen molar-refractivity contribution < 1.29 is 10.2 Å². The highest BCUT2D eigenvalue weighted by atomic mass is 16.4. The van der Waals surface area contributed by atoms with E-state index in [2.05, 4.69) is 6.92 Å². The first kappa shape index (κ1) is 11.4. The third-order valence-electron chi connectivity index (χ3n) is 4.75. The highest BCUT2D eigenvalue weighted by Gasteiger charge is 2.52. The highest BCUT2D eigenvalue weighted by molar-refractivity contribution is 5.05. The summed E-state index contributed by atoms with van der Waals surface area (Å²) in [6.45, 7) is 2.10. The molecule has 0 saturated heterocycles. The Morgan fingerprint density at radius 3 is 2.07 bits per heavy atom. The molecule has 2 saturated carbocycles. The number of hydrogen-bond donors (Lipinski definition) is 2. The van der Waals surface area contributed by atoms with Crippen LogP contribution >= 0.6 is 0 Å². The molecule has 0 aromatic heterocycles. The molecule has 2 heteroatoms. The number of rotatable bonds is 1. The average Bonchev–Trinajstić information content (AvgIpc) is 2.23. The maximum Gasteiger partial charge on any atom is 0.0958 e. The van der Waals surface area contributed by atoms with Gasteiger partial charge in [-0.25, -0.2) is 0 Å². The molecule has 0 radical (unpaired) electrons. The van der Waals surface area contributed by atoms with Crippen molar-refractivity contribution in [1.82, 2.24) is 0 Å². The van der Waals surface area contributed by atoms with Gasteiger partial charge in [0.2, 0.25) is 0 Å². The molecule has 2 N–H and O–H groups in total. The molecule has 2 aliphatic rings. The minimum atomic E-state index is -0.800. The van der Waals surface area contributed by atoms with Crippen molar-refractivity contribution in [1.29, 1.82) is 0 Å². The lowest BCUT2D eigenvalue weighted by molar-refractivity contribution is -0.205. The Labute approximate surface area is 92.7 Å². The summed E-state index contributed by atoms with van der Waals surface area (Å²) in [7, 11) is 0. The van der Waals surface area contributed by atoms with Crippen LogP contribution in [0.4, 0.5) is 0 Å². The van der Waals surface area contributed by atoms with Crippen LogP contribution in [-0.4, -0.2) is 21.4 Å². The first-order valence-electron chi connectivity index (χ1n) is 6.53. The normalized spacial score (nSPS) is 41.4. The van der Waals surface area contributed by atoms with E-state index in [0.29, 0.717) is 0 Å². The molecular weight excluding hydrogens is 188 g/mol. The lowest BCUT2D eigenvalue weighted by atomic mass is 9.62. The van der Waals surface area contributed by atoms with Crippen molar-refractivity contribution in [2.45, 2.75) is 75.9 Å². The van der Waals surface area contributed by atoms with Crippen molar-refractivity contribution >= 4 is 0 Å². The fourth-order valence-electron chi connectivity index (χ4n) is 3.59. The molecule has 2 fully saturated rings. The molecule has 0 amide bonds. The summed E-state index contributed by atoms with van der Waals surface area (Å²) in [5.41, 5.74) is -1.59. The van der Waals surface area contributed by atoms with Crippen LogP contribution in [0.15, 0.2) is 0 Å². The first-order chi connectivity index (χ1) is 7.08. The fourth-order valence-corrected chi connectivity index (χ4v) is 3.59. The third kappa shape index (κ3) is 1.83. The van der Waals surface area contributed by atoms with Crippen LogP contribution in [0.1, 0.15) is 64.7 Å². The second-order valence-electron chi connectivity index (χ2n) is 5.66. The van der Waals surface area contributed by atoms with E-state index in [4.69, 9.17) is 0 Å². The summed E-state index contributed by atoms with van der Waals surface area (Å²) in [6.07, 6.45) is 9.11. The molecule has 0 bridgehead atoms. The topological polar surface area (TPSA) is 40.5 Å². The van der Waals surface area contributed by atoms with Crippen LogP contribution in [0, 0.1) is 5.92 Å². The molecule has 2 atom stereocenters. The van der Waals surface area contributed by atoms with E-state index in [1.54, 1.807) is 0 Å². The molecule has 88 valence electrons. The lowest BCUT2D eigenvalue weighted by Gasteiger charge is -2.51. The Kier molecular flexibility index (Phi) is 3.09. The zero-order valence-corrected chi connectivity index (χ0v) is 9.84. The first-order valence-corrected chi connectivity index (χ1v) is 6.53. The SMILES string of the molecule is CC1CCCCC1(O)C1(O)CCCCC1. The van der Waals surface area contributed by atoms with Gasteiger partial charge >= 0.3 is 0 Å². The van der Waals surface area contributed by atoms with Crippen LogP contribution < -0.4 is 0 Å². The van der Waals surface area contributed by atoms with Gasteiger partial charge in [0.25, 0.3) is 0 Å². The molecule has 2 nitrogen and oxygen atoms in total. The summed E-state index contributed by atoms with van der Waals surface area (Å²) in [5.74, 6) is 0.259. The second-order valence-corrected chi connectivity index (χ2v) is 5.66. The summed E-state index contributed by atoms with van der Waals surface area (Å²) in [4.78, 5) is 0. The van der Waals surface area contributed by atoms with Gasteiger partial charge in [-0.3, -0.25) is 0 Å². The van der Waals surface area contributed by atoms with Crippen molar-refractivity contribution in [3.63, 3.8) is 0 Å². The molecule has 0 aromatic rings. The summed E-state index contributed by atoms with van der Waals surface area (Å²) in [5, 5.41) is 21.4. The lowest BCUT2D eigenvalue weighted by Crippen LogP contribution is -2.60. The third-order valence-corrected chi connectivity index (χ3v) is 4.75. The molecule has 2 rings (SSSR count). The van der Waals surface area contributed by atoms with Crippen molar-refractivity contribution in [2.75, 3.05) is 0 Å². The van der Waals surface area contributed by atoms with Crippen LogP contribution in [0.5, 0.6) is 0 Å². The second kappa shape index (κ2) is 4.06. The van der Waals surface area contributed by atoms with E-state index in [-0.39, 0.29) is 5.92 Å². The number of hydrogen-bond acceptors (Lipinski definition) is 2. The van der Waals surface area contributed by atoms with E-state index < -0.39 is 11.2 Å². The Bertz CT molecular complexity index is 221. The Hall–Kier alpha value is -0.0800. The van der Waals surface area contributed by atoms with Crippen LogP contribution in [-0.2, 0) is 0 Å². The average molecular weight is 212 g/mol. The molecular formula is C13H24O2. The van der Waals surface area contributed by atoms with Crippen molar-refractivity contribution in [2.24, 2.45) is 5.92 Å². The highest BCUT2D eigenvalue weighted by Crippen LogP contribution is 2.47. The molecule has 2 unspecified atom stereocenters. The molecule has 2 aliphatic carbocycles. The fraction of sp³-hybridized carbons (Fsp3) is 1.00. The largest absolute Gasteiger partial charge is 0.387 e. The van der Waals surface area contributed by atoms with Crippen LogP contribution in [0.2, 0.25) is 0 Å². The van der Waals surface area contributed by atoms with E-state index in [9.17, 15) is 10.2 Å². The monoisotopic (exact) mass is 212 g/mol. The van der Waals surface area contributed by atoms with Crippen LogP contribution in [0.25, 0.3) is 0 Å². The minimum absolute atomic E-state index is 0.259. The van der Waals surface area contributed by atoms with E-state index in [0.717, 1.165) is 44.9 Å². The molecule has 0 aliphatic heterocycles. The minimum Gasteiger partial charge on any atom is -0.387 e. The van der Waals surface area contributed by atoms with Gasteiger partial charge < -0.3 is 10.2 Å². The Morgan fingerprint density at radius 2 is 1.47 bits per heavy atom. The molecule has 15 heavy (non-hydrogen) atoms. The van der Waals surface area contributed by atoms with Gasteiger partial charge in [0.05, 0.1) is 11.2 Å². The van der Waals surface area contributed by atoms with Crippen LogP contribution in [0.3, 0.4) is 0 Å². The Morgan fingerprint density at radius 1 is 0.867 bits per heavy atom. The molecule has 0 heterocycles. The summed E-state index contributed by atoms with van der Waals surface area (Å²) < 4.78 is 0. The molecule has 0 spiro atoms. The quantitative estimate of drug-likeness (QED) is 0.701. The van der Waals surface area contributed by atoms with Gasteiger partial charge in [-0.15, -0.1) is 0 Å². The van der Waals surface area contributed by atoms with Gasteiger partial charge in [0.1, 0.15) is 0 Å². The molecule has 0 aromatic carbocycles. The van der Waals surface area contributed by atoms with Crippen molar-refractivity contribution in [3.05, 3.63) is 0 Å². The number of aliphatic hydroxyl groups is 2. The van der Waals surface area contributed by atoms with Gasteiger partial charge in [-0.1, -0.05) is 39.0 Å². The summed E-state index contributed by atoms with van der Waals surface area (Å²) in [6, 6.07) is 0.